The van der Waals surface area contributed by atoms with E-state index in [0.717, 1.165) is 11.5 Å². The van der Waals surface area contributed by atoms with Crippen LogP contribution < -0.4 is 10.2 Å². The van der Waals surface area contributed by atoms with Crippen LogP contribution >= 0.6 is 23.1 Å². The highest BCUT2D eigenvalue weighted by Gasteiger charge is 2.22. The van der Waals surface area contributed by atoms with Gasteiger partial charge in [0.2, 0.25) is 11.8 Å². The van der Waals surface area contributed by atoms with E-state index < -0.39 is 0 Å². The highest BCUT2D eigenvalue weighted by atomic mass is 35.5. The summed E-state index contributed by atoms with van der Waals surface area (Å²) in [4.78, 5) is 28.2. The Labute approximate surface area is 173 Å². The lowest BCUT2D eigenvalue weighted by atomic mass is 10.2. The number of anilines is 1. The topological polar surface area (TPSA) is 98.6 Å². The molecular formula is C18H24ClN5O3S. The lowest BCUT2D eigenvalue weighted by molar-refractivity contribution is -0.132. The third-order valence-electron chi connectivity index (χ3n) is 4.25. The molecule has 2 amide bonds. The zero-order chi connectivity index (χ0) is 20.4. The van der Waals surface area contributed by atoms with E-state index >= 15 is 0 Å². The standard InChI is InChI=1S/C18H24ClN5O3S/c1-2-11-27-12-3-4-16(26)23-7-5-15(25)21-6-8-24(10-9-23)18-14(13-20)17(19)22-28-18/h2H,1,3-12H2,(H,21,25). The second-order valence-corrected chi connectivity index (χ2v) is 7.31. The van der Waals surface area contributed by atoms with Crippen LogP contribution in [0.1, 0.15) is 24.8 Å². The van der Waals surface area contributed by atoms with Gasteiger partial charge in [0.05, 0.1) is 6.61 Å². The van der Waals surface area contributed by atoms with Crippen molar-refractivity contribution in [1.29, 1.82) is 5.26 Å². The van der Waals surface area contributed by atoms with Crippen LogP contribution in [0.4, 0.5) is 5.00 Å². The summed E-state index contributed by atoms with van der Waals surface area (Å²) >= 11 is 7.14. The lowest BCUT2D eigenvalue weighted by Gasteiger charge is -2.30. The van der Waals surface area contributed by atoms with Crippen molar-refractivity contribution < 1.29 is 14.3 Å². The molecular weight excluding hydrogens is 402 g/mol. The fourth-order valence-electron chi connectivity index (χ4n) is 2.80. The summed E-state index contributed by atoms with van der Waals surface area (Å²) in [6.45, 7) is 6.85. The first kappa shape index (κ1) is 22.1. The Bertz CT molecular complexity index is 733. The largest absolute Gasteiger partial charge is 0.377 e. The van der Waals surface area contributed by atoms with E-state index in [1.54, 1.807) is 11.0 Å². The summed E-state index contributed by atoms with van der Waals surface area (Å²) in [6, 6.07) is 2.08. The smallest absolute Gasteiger partial charge is 0.222 e. The molecule has 0 saturated carbocycles. The van der Waals surface area contributed by atoms with E-state index in [2.05, 4.69) is 22.3 Å². The SMILES string of the molecule is C=CCOCCCC(=O)N1CCC(=O)NCCN(c2snc(Cl)c2C#N)CC1. The number of nitrogens with one attached hydrogen (secondary N) is 1. The maximum absolute atomic E-state index is 12.6. The van der Waals surface area contributed by atoms with E-state index in [1.807, 2.05) is 4.90 Å². The number of aromatic nitrogens is 1. The molecule has 8 nitrogen and oxygen atoms in total. The molecule has 0 unspecified atom stereocenters. The maximum Gasteiger partial charge on any atom is 0.222 e. The number of carbonyl (C=O) groups excluding carboxylic acids is 2. The van der Waals surface area contributed by atoms with Crippen molar-refractivity contribution in [1.82, 2.24) is 14.6 Å². The predicted molar refractivity (Wildman–Crippen MR) is 109 cm³/mol. The Morgan fingerprint density at radius 1 is 1.43 bits per heavy atom. The van der Waals surface area contributed by atoms with E-state index in [1.165, 1.54) is 0 Å². The molecule has 1 aliphatic rings. The Balaban J connectivity index is 2.02. The van der Waals surface area contributed by atoms with E-state index in [9.17, 15) is 14.9 Å². The van der Waals surface area contributed by atoms with E-state index in [-0.39, 0.29) is 23.4 Å². The van der Waals surface area contributed by atoms with Crippen LogP contribution in [0, 0.1) is 11.3 Å². The van der Waals surface area contributed by atoms with Crippen molar-refractivity contribution >= 4 is 39.9 Å². The molecule has 1 aromatic rings. The molecule has 0 spiro atoms. The van der Waals surface area contributed by atoms with Gasteiger partial charge in [-0.25, -0.2) is 0 Å². The van der Waals surface area contributed by atoms with E-state index in [0.29, 0.717) is 69.3 Å². The number of hydrogen-bond donors (Lipinski definition) is 1. The molecule has 2 heterocycles. The molecule has 0 bridgehead atoms. The molecule has 152 valence electrons. The van der Waals surface area contributed by atoms with Crippen LogP contribution in [-0.2, 0) is 14.3 Å². The molecule has 1 N–H and O–H groups in total. The Hall–Kier alpha value is -2.15. The molecule has 0 atom stereocenters. The fraction of sp³-hybridized carbons (Fsp3) is 0.556. The first-order valence-corrected chi connectivity index (χ1v) is 10.2. The van der Waals surface area contributed by atoms with Crippen molar-refractivity contribution in [3.05, 3.63) is 23.4 Å². The predicted octanol–water partition coefficient (Wildman–Crippen LogP) is 1.81. The summed E-state index contributed by atoms with van der Waals surface area (Å²) in [5.41, 5.74) is 0.326. The number of carbonyl (C=O) groups is 2. The van der Waals surface area contributed by atoms with Gasteiger partial charge in [-0.15, -0.1) is 6.58 Å². The average molecular weight is 426 g/mol. The number of nitriles is 1. The molecule has 1 aromatic heterocycles. The number of amides is 2. The second kappa shape index (κ2) is 11.6. The van der Waals surface area contributed by atoms with Gasteiger partial charge in [-0.2, -0.15) is 9.64 Å². The minimum atomic E-state index is -0.100. The summed E-state index contributed by atoms with van der Waals surface area (Å²) < 4.78 is 9.36. The van der Waals surface area contributed by atoms with Crippen LogP contribution in [0.5, 0.6) is 0 Å². The quantitative estimate of drug-likeness (QED) is 0.528. The Morgan fingerprint density at radius 2 is 2.25 bits per heavy atom. The molecule has 0 aromatic carbocycles. The Morgan fingerprint density at radius 3 is 3.00 bits per heavy atom. The summed E-state index contributed by atoms with van der Waals surface area (Å²) in [5, 5.41) is 13.0. The minimum Gasteiger partial charge on any atom is -0.377 e. The highest BCUT2D eigenvalue weighted by Crippen LogP contribution is 2.31. The van der Waals surface area contributed by atoms with Gasteiger partial charge in [0.25, 0.3) is 0 Å². The highest BCUT2D eigenvalue weighted by molar-refractivity contribution is 7.10. The molecule has 28 heavy (non-hydrogen) atoms. The van der Waals surface area contributed by atoms with Crippen LogP contribution in [-0.4, -0.2) is 67.0 Å². The maximum atomic E-state index is 12.6. The normalized spacial score (nSPS) is 15.6. The van der Waals surface area contributed by atoms with Crippen molar-refractivity contribution in [2.75, 3.05) is 50.8 Å². The second-order valence-electron chi connectivity index (χ2n) is 6.20. The molecule has 1 saturated heterocycles. The average Bonchev–Trinajstić information content (AvgIpc) is 3.06. The fourth-order valence-corrected chi connectivity index (χ4v) is 3.88. The zero-order valence-corrected chi connectivity index (χ0v) is 17.2. The Kier molecular flexibility index (Phi) is 9.20. The van der Waals surface area contributed by atoms with Gasteiger partial charge in [0.1, 0.15) is 16.6 Å². The van der Waals surface area contributed by atoms with Gasteiger partial charge in [-0.05, 0) is 18.0 Å². The van der Waals surface area contributed by atoms with Crippen molar-refractivity contribution in [3.63, 3.8) is 0 Å². The monoisotopic (exact) mass is 425 g/mol. The molecule has 0 aliphatic carbocycles. The van der Waals surface area contributed by atoms with Gasteiger partial charge in [0, 0.05) is 52.2 Å². The zero-order valence-electron chi connectivity index (χ0n) is 15.7. The first-order chi connectivity index (χ1) is 13.6. The van der Waals surface area contributed by atoms with Gasteiger partial charge >= 0.3 is 0 Å². The number of ether oxygens (including phenoxy) is 1. The van der Waals surface area contributed by atoms with Crippen LogP contribution in [0.25, 0.3) is 0 Å². The summed E-state index contributed by atoms with van der Waals surface area (Å²) in [6.07, 6.45) is 2.91. The molecule has 1 aliphatic heterocycles. The van der Waals surface area contributed by atoms with E-state index in [4.69, 9.17) is 16.3 Å². The molecule has 2 rings (SSSR count). The number of nitrogens with zero attached hydrogens (tertiary/aromatic N) is 4. The van der Waals surface area contributed by atoms with Crippen LogP contribution in [0.3, 0.4) is 0 Å². The summed E-state index contributed by atoms with van der Waals surface area (Å²) in [5.74, 6) is -0.116. The van der Waals surface area contributed by atoms with Crippen LogP contribution in [0.2, 0.25) is 5.15 Å². The minimum absolute atomic E-state index is 0.0154. The molecule has 1 fully saturated rings. The van der Waals surface area contributed by atoms with Gasteiger partial charge in [-0.3, -0.25) is 9.59 Å². The van der Waals surface area contributed by atoms with Gasteiger partial charge < -0.3 is 19.9 Å². The molecule has 0 radical (unpaired) electrons. The summed E-state index contributed by atoms with van der Waals surface area (Å²) in [7, 11) is 0. The third kappa shape index (κ3) is 6.48. The number of rotatable bonds is 7. The molecule has 10 heteroatoms. The third-order valence-corrected chi connectivity index (χ3v) is 5.53. The first-order valence-electron chi connectivity index (χ1n) is 9.10. The van der Waals surface area contributed by atoms with Crippen molar-refractivity contribution in [2.24, 2.45) is 0 Å². The number of halogens is 1. The van der Waals surface area contributed by atoms with Crippen LogP contribution in [0.15, 0.2) is 12.7 Å². The van der Waals surface area contributed by atoms with Crippen molar-refractivity contribution in [3.8, 4) is 6.07 Å². The lowest BCUT2D eigenvalue weighted by Crippen LogP contribution is -2.45. The van der Waals surface area contributed by atoms with Crippen molar-refractivity contribution in [2.45, 2.75) is 19.3 Å². The van der Waals surface area contributed by atoms with Gasteiger partial charge in [0.15, 0.2) is 5.15 Å². The van der Waals surface area contributed by atoms with Gasteiger partial charge in [-0.1, -0.05) is 17.7 Å². The number of hydrogen-bond acceptors (Lipinski definition) is 7.